The maximum Gasteiger partial charge on any atom is 0.309 e. The smallest absolute Gasteiger partial charge is 0.309 e. The molecule has 1 N–H and O–H groups in total. The number of hydrogen-bond acceptors (Lipinski definition) is 3. The Morgan fingerprint density at radius 3 is 2.85 bits per heavy atom. The van der Waals surface area contributed by atoms with Gasteiger partial charge in [-0.2, -0.15) is 0 Å². The number of rotatable bonds is 2. The van der Waals surface area contributed by atoms with Gasteiger partial charge >= 0.3 is 5.97 Å². The monoisotopic (exact) mass is 184 g/mol. The normalized spacial score (nSPS) is 33.0. The first kappa shape index (κ1) is 10.3. The molecule has 1 aliphatic carbocycles. The Morgan fingerprint density at radius 2 is 2.31 bits per heavy atom. The summed E-state index contributed by atoms with van der Waals surface area (Å²) in [6, 6.07) is 0. The van der Waals surface area contributed by atoms with Crippen molar-refractivity contribution in [3.63, 3.8) is 0 Å². The lowest BCUT2D eigenvalue weighted by Gasteiger charge is -2.26. The number of carbonyl (C=O) groups is 1. The number of esters is 1. The van der Waals surface area contributed by atoms with Gasteiger partial charge in [0.2, 0.25) is 0 Å². The number of ether oxygens (including phenoxy) is 1. The summed E-state index contributed by atoms with van der Waals surface area (Å²) < 4.78 is 4.70. The lowest BCUT2D eigenvalue weighted by molar-refractivity contribution is -0.147. The van der Waals surface area contributed by atoms with Gasteiger partial charge in [-0.25, -0.2) is 0 Å². The Labute approximate surface area is 78.4 Å². The summed E-state index contributed by atoms with van der Waals surface area (Å²) in [6.45, 7) is 2.10. The molecule has 1 rings (SSSR count). The van der Waals surface area contributed by atoms with Crippen LogP contribution in [-0.2, 0) is 9.53 Å². The highest BCUT2D eigenvalue weighted by molar-refractivity contribution is 5.73. The minimum absolute atomic E-state index is 0.0906. The predicted octanol–water partition coefficient (Wildman–Crippen LogP) is 0.980. The van der Waals surface area contributed by atoms with E-state index in [9.17, 15) is 4.79 Å². The van der Waals surface area contributed by atoms with E-state index in [2.05, 4.69) is 0 Å². The molecule has 0 aromatic carbocycles. The zero-order valence-corrected chi connectivity index (χ0v) is 8.06. The predicted molar refractivity (Wildman–Crippen MR) is 49.0 cm³/mol. The summed E-state index contributed by atoms with van der Waals surface area (Å²) >= 11 is 0. The van der Waals surface area contributed by atoms with Crippen LogP contribution in [0.1, 0.15) is 13.3 Å². The third-order valence-corrected chi connectivity index (χ3v) is 2.62. The third-order valence-electron chi connectivity index (χ3n) is 2.62. The minimum Gasteiger partial charge on any atom is -0.469 e. The van der Waals surface area contributed by atoms with Crippen molar-refractivity contribution in [3.8, 4) is 0 Å². The van der Waals surface area contributed by atoms with Crippen molar-refractivity contribution in [3.05, 3.63) is 12.2 Å². The van der Waals surface area contributed by atoms with Crippen LogP contribution in [0, 0.1) is 17.8 Å². The van der Waals surface area contributed by atoms with Gasteiger partial charge in [0.1, 0.15) is 0 Å². The van der Waals surface area contributed by atoms with Crippen LogP contribution in [-0.4, -0.2) is 24.8 Å². The Hall–Kier alpha value is -0.830. The molecule has 3 atom stereocenters. The van der Waals surface area contributed by atoms with Gasteiger partial charge in [-0.3, -0.25) is 4.79 Å². The maximum absolute atomic E-state index is 11.3. The summed E-state index contributed by atoms with van der Waals surface area (Å²) in [5.41, 5.74) is 0. The van der Waals surface area contributed by atoms with Crippen molar-refractivity contribution in [2.75, 3.05) is 13.7 Å². The summed E-state index contributed by atoms with van der Waals surface area (Å²) in [4.78, 5) is 11.3. The van der Waals surface area contributed by atoms with Crippen molar-refractivity contribution in [2.45, 2.75) is 13.3 Å². The molecule has 0 saturated heterocycles. The first-order valence-electron chi connectivity index (χ1n) is 4.56. The second-order valence-electron chi connectivity index (χ2n) is 3.55. The number of methoxy groups -OCH3 is 1. The van der Waals surface area contributed by atoms with E-state index in [1.807, 2.05) is 19.1 Å². The van der Waals surface area contributed by atoms with E-state index in [-0.39, 0.29) is 30.3 Å². The molecule has 0 bridgehead atoms. The fraction of sp³-hybridized carbons (Fsp3) is 0.700. The molecule has 0 unspecified atom stereocenters. The van der Waals surface area contributed by atoms with Gasteiger partial charge in [-0.15, -0.1) is 0 Å². The Balaban J connectivity index is 2.65. The average Bonchev–Trinajstić information content (AvgIpc) is 2.17. The van der Waals surface area contributed by atoms with E-state index in [1.165, 1.54) is 7.11 Å². The van der Waals surface area contributed by atoms with E-state index < -0.39 is 0 Å². The van der Waals surface area contributed by atoms with Gasteiger partial charge in [-0.05, 0) is 12.3 Å². The molecule has 13 heavy (non-hydrogen) atoms. The molecule has 3 nitrogen and oxygen atoms in total. The largest absolute Gasteiger partial charge is 0.469 e. The van der Waals surface area contributed by atoms with Crippen LogP contribution in [0.5, 0.6) is 0 Å². The Bertz CT molecular complexity index is 210. The highest BCUT2D eigenvalue weighted by Crippen LogP contribution is 2.28. The topological polar surface area (TPSA) is 46.5 Å². The second kappa shape index (κ2) is 4.42. The summed E-state index contributed by atoms with van der Waals surface area (Å²) in [7, 11) is 1.40. The van der Waals surface area contributed by atoms with Crippen molar-refractivity contribution >= 4 is 5.97 Å². The molecule has 0 radical (unpaired) electrons. The van der Waals surface area contributed by atoms with Crippen LogP contribution in [0.2, 0.25) is 0 Å². The molecular formula is C10H16O3. The second-order valence-corrected chi connectivity index (χ2v) is 3.55. The van der Waals surface area contributed by atoms with Crippen molar-refractivity contribution in [1.82, 2.24) is 0 Å². The van der Waals surface area contributed by atoms with Crippen LogP contribution >= 0.6 is 0 Å². The van der Waals surface area contributed by atoms with E-state index in [4.69, 9.17) is 9.84 Å². The summed E-state index contributed by atoms with van der Waals surface area (Å²) in [6.07, 6.45) is 4.65. The first-order valence-corrected chi connectivity index (χ1v) is 4.56. The average molecular weight is 184 g/mol. The van der Waals surface area contributed by atoms with Gasteiger partial charge in [0.25, 0.3) is 0 Å². The molecule has 0 amide bonds. The Morgan fingerprint density at radius 1 is 1.62 bits per heavy atom. The Kier molecular flexibility index (Phi) is 3.48. The quantitative estimate of drug-likeness (QED) is 0.514. The highest BCUT2D eigenvalue weighted by Gasteiger charge is 2.29. The molecule has 0 aliphatic heterocycles. The SMILES string of the molecule is COC(=O)[C@H]1C[C@@H](CO)C=C[C@H]1C. The van der Waals surface area contributed by atoms with Gasteiger partial charge < -0.3 is 9.84 Å². The number of aliphatic hydroxyl groups excluding tert-OH is 1. The zero-order valence-electron chi connectivity index (χ0n) is 8.06. The van der Waals surface area contributed by atoms with E-state index in [0.29, 0.717) is 6.42 Å². The van der Waals surface area contributed by atoms with Crippen LogP contribution in [0.3, 0.4) is 0 Å². The van der Waals surface area contributed by atoms with Crippen LogP contribution in [0.4, 0.5) is 0 Å². The standard InChI is InChI=1S/C10H16O3/c1-7-3-4-8(6-11)5-9(7)10(12)13-2/h3-4,7-9,11H,5-6H2,1-2H3/t7-,8+,9+/m1/s1. The van der Waals surface area contributed by atoms with Crippen LogP contribution < -0.4 is 0 Å². The number of carbonyl (C=O) groups excluding carboxylic acids is 1. The first-order chi connectivity index (χ1) is 6.19. The van der Waals surface area contributed by atoms with E-state index in [1.54, 1.807) is 0 Å². The van der Waals surface area contributed by atoms with Crippen LogP contribution in [0.25, 0.3) is 0 Å². The van der Waals surface area contributed by atoms with Crippen molar-refractivity contribution in [1.29, 1.82) is 0 Å². The summed E-state index contributed by atoms with van der Waals surface area (Å²) in [5.74, 6) is 0.0676. The fourth-order valence-electron chi connectivity index (χ4n) is 1.68. The number of hydrogen-bond donors (Lipinski definition) is 1. The molecule has 0 aromatic heterocycles. The minimum atomic E-state index is -0.171. The van der Waals surface area contributed by atoms with Crippen LogP contribution in [0.15, 0.2) is 12.2 Å². The molecule has 0 fully saturated rings. The molecule has 1 aliphatic rings. The number of allylic oxidation sites excluding steroid dienone is 1. The fourth-order valence-corrected chi connectivity index (χ4v) is 1.68. The zero-order chi connectivity index (χ0) is 9.84. The van der Waals surface area contributed by atoms with Crippen molar-refractivity contribution < 1.29 is 14.6 Å². The van der Waals surface area contributed by atoms with Gasteiger partial charge in [0, 0.05) is 12.5 Å². The molecule has 74 valence electrons. The van der Waals surface area contributed by atoms with Gasteiger partial charge in [0.05, 0.1) is 13.0 Å². The third kappa shape index (κ3) is 2.31. The van der Waals surface area contributed by atoms with Gasteiger partial charge in [-0.1, -0.05) is 19.1 Å². The number of aliphatic hydroxyl groups is 1. The van der Waals surface area contributed by atoms with Crippen molar-refractivity contribution in [2.24, 2.45) is 17.8 Å². The molecular weight excluding hydrogens is 168 g/mol. The molecule has 0 saturated carbocycles. The molecule has 3 heteroatoms. The molecule has 0 spiro atoms. The van der Waals surface area contributed by atoms with Gasteiger partial charge in [0.15, 0.2) is 0 Å². The lowest BCUT2D eigenvalue weighted by Crippen LogP contribution is -2.28. The molecule has 0 heterocycles. The highest BCUT2D eigenvalue weighted by atomic mass is 16.5. The summed E-state index contributed by atoms with van der Waals surface area (Å²) in [5, 5.41) is 8.95. The lowest BCUT2D eigenvalue weighted by atomic mass is 9.80. The van der Waals surface area contributed by atoms with E-state index >= 15 is 0 Å². The maximum atomic E-state index is 11.3. The van der Waals surface area contributed by atoms with E-state index in [0.717, 1.165) is 0 Å². The molecule has 0 aromatic rings.